The number of H-pyrrole nitrogens is 2. The number of aromatic amines is 2. The van der Waals surface area contributed by atoms with Crippen LogP contribution in [0.1, 0.15) is 34.0 Å². The Balaban J connectivity index is 1.76. The van der Waals surface area contributed by atoms with Gasteiger partial charge in [-0.15, -0.1) is 0 Å². The normalized spacial score (nSPS) is 11.2. The van der Waals surface area contributed by atoms with Gasteiger partial charge in [0.05, 0.1) is 29.6 Å². The predicted octanol–water partition coefficient (Wildman–Crippen LogP) is 4.45. The van der Waals surface area contributed by atoms with Crippen molar-refractivity contribution in [3.63, 3.8) is 0 Å². The second kappa shape index (κ2) is 9.02. The van der Waals surface area contributed by atoms with Crippen LogP contribution in [-0.2, 0) is 0 Å². The van der Waals surface area contributed by atoms with Gasteiger partial charge in [0, 0.05) is 17.3 Å². The van der Waals surface area contributed by atoms with E-state index in [1.165, 1.54) is 0 Å². The lowest BCUT2D eigenvalue weighted by molar-refractivity contribution is 0.414. The molecule has 5 rings (SSSR count). The van der Waals surface area contributed by atoms with E-state index in [9.17, 15) is 9.59 Å². The van der Waals surface area contributed by atoms with Gasteiger partial charge in [0.2, 0.25) is 0 Å². The molecule has 0 bridgehead atoms. The lowest BCUT2D eigenvalue weighted by Gasteiger charge is -2.18. The lowest BCUT2D eigenvalue weighted by atomic mass is 9.85. The highest BCUT2D eigenvalue weighted by Gasteiger charge is 2.30. The third-order valence-electron chi connectivity index (χ3n) is 6.42. The maximum absolute atomic E-state index is 13.4. The summed E-state index contributed by atoms with van der Waals surface area (Å²) in [6.07, 6.45) is 0. The standard InChI is InChI=1S/C28H26N4O3/c1-18-24(27(33)29-31(18)21-10-6-4-7-11-21)26(20-14-16-23(35-3)17-15-20)25-19(2)32(30-28(25)34)22-12-8-5-9-13-22/h4-17,26H,1-3H3,(H,29,33)(H,30,34). The molecule has 0 fully saturated rings. The second-order valence-electron chi connectivity index (χ2n) is 8.43. The summed E-state index contributed by atoms with van der Waals surface area (Å²) in [7, 11) is 1.61. The molecule has 7 nitrogen and oxygen atoms in total. The maximum atomic E-state index is 13.4. The van der Waals surface area contributed by atoms with Gasteiger partial charge in [0.15, 0.2) is 0 Å². The Kier molecular flexibility index (Phi) is 5.74. The van der Waals surface area contributed by atoms with E-state index in [-0.39, 0.29) is 11.1 Å². The highest BCUT2D eigenvalue weighted by Crippen LogP contribution is 2.34. The van der Waals surface area contributed by atoms with Crippen LogP contribution in [0, 0.1) is 13.8 Å². The molecule has 0 aliphatic heterocycles. The van der Waals surface area contributed by atoms with E-state index in [0.717, 1.165) is 28.3 Å². The highest BCUT2D eigenvalue weighted by atomic mass is 16.5. The Morgan fingerprint density at radius 3 is 1.49 bits per heavy atom. The van der Waals surface area contributed by atoms with Crippen LogP contribution in [0.25, 0.3) is 11.4 Å². The van der Waals surface area contributed by atoms with Crippen LogP contribution in [0.15, 0.2) is 94.5 Å². The molecule has 0 atom stereocenters. The van der Waals surface area contributed by atoms with Gasteiger partial charge in [-0.2, -0.15) is 0 Å². The Hall–Kier alpha value is -4.52. The molecule has 0 saturated heterocycles. The molecule has 3 aromatic carbocycles. The summed E-state index contributed by atoms with van der Waals surface area (Å²) in [6, 6.07) is 26.7. The third-order valence-corrected chi connectivity index (χ3v) is 6.42. The van der Waals surface area contributed by atoms with E-state index in [2.05, 4.69) is 10.2 Å². The number of hydrogen-bond donors (Lipinski definition) is 2. The molecule has 0 radical (unpaired) electrons. The average Bonchev–Trinajstić information content (AvgIpc) is 3.36. The number of nitrogens with zero attached hydrogens (tertiary/aromatic N) is 2. The average molecular weight is 467 g/mol. The smallest absolute Gasteiger partial charge is 0.268 e. The minimum absolute atomic E-state index is 0.238. The van der Waals surface area contributed by atoms with Gasteiger partial charge in [-0.05, 0) is 55.8 Å². The van der Waals surface area contributed by atoms with E-state index < -0.39 is 5.92 Å². The van der Waals surface area contributed by atoms with Crippen molar-refractivity contribution < 1.29 is 4.74 Å². The number of aromatic nitrogens is 4. The Bertz CT molecular complexity index is 1480. The molecule has 2 heterocycles. The summed E-state index contributed by atoms with van der Waals surface area (Å²) in [5.41, 5.74) is 4.57. The Morgan fingerprint density at radius 1 is 0.657 bits per heavy atom. The van der Waals surface area contributed by atoms with Gasteiger partial charge in [0.25, 0.3) is 11.1 Å². The minimum atomic E-state index is -0.580. The first-order chi connectivity index (χ1) is 17.0. The Labute approximate surface area is 202 Å². The molecule has 2 N–H and O–H groups in total. The fourth-order valence-electron chi connectivity index (χ4n) is 4.69. The molecule has 7 heteroatoms. The third kappa shape index (κ3) is 3.91. The molecule has 0 saturated carbocycles. The van der Waals surface area contributed by atoms with Crippen molar-refractivity contribution in [2.75, 3.05) is 7.11 Å². The van der Waals surface area contributed by atoms with Crippen LogP contribution >= 0.6 is 0 Å². The number of nitrogens with one attached hydrogen (secondary N) is 2. The largest absolute Gasteiger partial charge is 0.497 e. The molecule has 0 aliphatic carbocycles. The quantitative estimate of drug-likeness (QED) is 0.388. The Morgan fingerprint density at radius 2 is 1.09 bits per heavy atom. The predicted molar refractivity (Wildman–Crippen MR) is 136 cm³/mol. The summed E-state index contributed by atoms with van der Waals surface area (Å²) in [5, 5.41) is 5.93. The van der Waals surface area contributed by atoms with Crippen LogP contribution in [0.4, 0.5) is 0 Å². The number of ether oxygens (including phenoxy) is 1. The van der Waals surface area contributed by atoms with E-state index in [1.807, 2.05) is 98.8 Å². The minimum Gasteiger partial charge on any atom is -0.497 e. The number of para-hydroxylation sites is 2. The number of benzene rings is 3. The molecule has 0 amide bonds. The van der Waals surface area contributed by atoms with E-state index in [1.54, 1.807) is 16.5 Å². The summed E-state index contributed by atoms with van der Waals surface area (Å²) in [5.74, 6) is 0.121. The van der Waals surface area contributed by atoms with Gasteiger partial charge in [0.1, 0.15) is 5.75 Å². The van der Waals surface area contributed by atoms with Gasteiger partial charge >= 0.3 is 0 Å². The van der Waals surface area contributed by atoms with Crippen LogP contribution < -0.4 is 15.9 Å². The number of methoxy groups -OCH3 is 1. The van der Waals surface area contributed by atoms with Crippen LogP contribution in [0.3, 0.4) is 0 Å². The van der Waals surface area contributed by atoms with Crippen LogP contribution in [0.2, 0.25) is 0 Å². The van der Waals surface area contributed by atoms with Gasteiger partial charge < -0.3 is 4.74 Å². The highest BCUT2D eigenvalue weighted by molar-refractivity contribution is 5.49. The van der Waals surface area contributed by atoms with Crippen molar-refractivity contribution in [3.05, 3.63) is 134 Å². The van der Waals surface area contributed by atoms with E-state index in [4.69, 9.17) is 4.74 Å². The molecule has 35 heavy (non-hydrogen) atoms. The van der Waals surface area contributed by atoms with Crippen LogP contribution in [-0.4, -0.2) is 26.7 Å². The number of hydrogen-bond acceptors (Lipinski definition) is 3. The van der Waals surface area contributed by atoms with Crippen molar-refractivity contribution in [3.8, 4) is 17.1 Å². The molecule has 0 aliphatic rings. The zero-order valence-electron chi connectivity index (χ0n) is 19.8. The van der Waals surface area contributed by atoms with Crippen LogP contribution in [0.5, 0.6) is 5.75 Å². The SMILES string of the molecule is COc1ccc(C(c2c(C)n(-c3ccccc3)[nH]c2=O)c2c(C)n(-c3ccccc3)[nH]c2=O)cc1. The molecule has 2 aromatic heterocycles. The molecule has 0 unspecified atom stereocenters. The lowest BCUT2D eigenvalue weighted by Crippen LogP contribution is -2.20. The molecular formula is C28H26N4O3. The second-order valence-corrected chi connectivity index (χ2v) is 8.43. The first kappa shape index (κ1) is 22.3. The van der Waals surface area contributed by atoms with E-state index in [0.29, 0.717) is 16.9 Å². The molecule has 176 valence electrons. The van der Waals surface area contributed by atoms with Crippen molar-refractivity contribution in [2.45, 2.75) is 19.8 Å². The summed E-state index contributed by atoms with van der Waals surface area (Å²) < 4.78 is 8.87. The van der Waals surface area contributed by atoms with Crippen molar-refractivity contribution >= 4 is 0 Å². The fraction of sp³-hybridized carbons (Fsp3) is 0.143. The first-order valence-corrected chi connectivity index (χ1v) is 11.4. The van der Waals surface area contributed by atoms with Gasteiger partial charge in [-0.1, -0.05) is 48.5 Å². The topological polar surface area (TPSA) is 84.8 Å². The monoisotopic (exact) mass is 466 g/mol. The summed E-state index contributed by atoms with van der Waals surface area (Å²) in [6.45, 7) is 3.79. The van der Waals surface area contributed by atoms with E-state index >= 15 is 0 Å². The first-order valence-electron chi connectivity index (χ1n) is 11.4. The zero-order valence-corrected chi connectivity index (χ0v) is 19.8. The fourth-order valence-corrected chi connectivity index (χ4v) is 4.69. The zero-order chi connectivity index (χ0) is 24.5. The van der Waals surface area contributed by atoms with Gasteiger partial charge in [-0.3, -0.25) is 29.2 Å². The maximum Gasteiger partial charge on any atom is 0.268 e. The molecular weight excluding hydrogens is 440 g/mol. The summed E-state index contributed by atoms with van der Waals surface area (Å²) in [4.78, 5) is 26.8. The van der Waals surface area contributed by atoms with Crippen molar-refractivity contribution in [2.24, 2.45) is 0 Å². The van der Waals surface area contributed by atoms with Crippen molar-refractivity contribution in [1.29, 1.82) is 0 Å². The summed E-state index contributed by atoms with van der Waals surface area (Å²) >= 11 is 0. The molecule has 5 aromatic rings. The number of rotatable bonds is 6. The van der Waals surface area contributed by atoms with Gasteiger partial charge in [-0.25, -0.2) is 0 Å². The molecule has 0 spiro atoms. The van der Waals surface area contributed by atoms with Crippen molar-refractivity contribution in [1.82, 2.24) is 19.6 Å².